The van der Waals surface area contributed by atoms with Crippen molar-refractivity contribution in [2.24, 2.45) is 5.41 Å². The molecule has 6 nitrogen and oxygen atoms in total. The molecule has 0 bridgehead atoms. The first-order valence-corrected chi connectivity index (χ1v) is 14.2. The van der Waals surface area contributed by atoms with Crippen LogP contribution in [0, 0.1) is 11.2 Å². The number of rotatable bonds is 6. The van der Waals surface area contributed by atoms with E-state index < -0.39 is 40.5 Å². The molecule has 1 saturated carbocycles. The number of aliphatic hydroxyl groups is 1. The summed E-state index contributed by atoms with van der Waals surface area (Å²) in [6.45, 7) is 5.46. The molecule has 2 amide bonds. The summed E-state index contributed by atoms with van der Waals surface area (Å²) in [6, 6.07) is 12.3. The highest BCUT2D eigenvalue weighted by atomic mass is 19.3. The number of carbonyl (C=O) groups excluding carboxylic acids is 2. The zero-order valence-corrected chi connectivity index (χ0v) is 23.2. The summed E-state index contributed by atoms with van der Waals surface area (Å²) in [5.74, 6) is -1.88. The lowest BCUT2D eigenvalue weighted by Crippen LogP contribution is -2.55. The average molecular weight is 566 g/mol. The summed E-state index contributed by atoms with van der Waals surface area (Å²) in [4.78, 5) is 30.5. The second kappa shape index (κ2) is 9.91. The Labute approximate surface area is 236 Å². The molecule has 2 N–H and O–H groups in total. The number of nitrogens with one attached hydrogen (secondary N) is 1. The predicted octanol–water partition coefficient (Wildman–Crippen LogP) is 5.31. The van der Waals surface area contributed by atoms with Crippen LogP contribution in [0.4, 0.5) is 13.2 Å². The lowest BCUT2D eigenvalue weighted by atomic mass is 9.66. The van der Waals surface area contributed by atoms with Gasteiger partial charge in [-0.1, -0.05) is 44.2 Å². The Hall–Kier alpha value is -3.30. The van der Waals surface area contributed by atoms with E-state index in [-0.39, 0.29) is 23.3 Å². The maximum atomic E-state index is 16.2. The van der Waals surface area contributed by atoms with Crippen LogP contribution in [0.1, 0.15) is 74.1 Å². The quantitative estimate of drug-likeness (QED) is 0.396. The zero-order chi connectivity index (χ0) is 29.2. The van der Waals surface area contributed by atoms with Crippen LogP contribution in [-0.2, 0) is 27.1 Å². The number of piperidine rings is 2. The van der Waals surface area contributed by atoms with Crippen LogP contribution in [0.3, 0.4) is 0 Å². The maximum absolute atomic E-state index is 16.2. The van der Waals surface area contributed by atoms with Crippen LogP contribution in [0.2, 0.25) is 0 Å². The molecule has 1 aromatic heterocycles. The molecule has 3 heterocycles. The van der Waals surface area contributed by atoms with Crippen molar-refractivity contribution >= 4 is 22.7 Å². The fraction of sp³-hybridized carbons (Fsp3) is 0.469. The number of hydrogen-bond acceptors (Lipinski definition) is 5. The number of likely N-dealkylation sites (tertiary alicyclic amines) is 1. The molecule has 0 spiro atoms. The summed E-state index contributed by atoms with van der Waals surface area (Å²) in [5, 5.41) is 14.6. The minimum atomic E-state index is -2.36. The van der Waals surface area contributed by atoms with E-state index in [1.165, 1.54) is 0 Å². The molecule has 41 heavy (non-hydrogen) atoms. The van der Waals surface area contributed by atoms with Crippen molar-refractivity contribution in [1.29, 1.82) is 0 Å². The SMILES string of the molecule is CC1(C)CN(Cc2ccc(C3(C(F)F)CC3)cc2)CC[C@]1(O)c1ccc2ncc(C3CCC(=O)NC3=O)cc2c1F. The van der Waals surface area contributed by atoms with E-state index in [9.17, 15) is 23.5 Å². The van der Waals surface area contributed by atoms with Crippen LogP contribution in [0.5, 0.6) is 0 Å². The van der Waals surface area contributed by atoms with Gasteiger partial charge in [0.1, 0.15) is 5.82 Å². The Morgan fingerprint density at radius 2 is 1.83 bits per heavy atom. The topological polar surface area (TPSA) is 82.5 Å². The first kappa shape index (κ1) is 27.8. The molecule has 2 aliphatic heterocycles. The number of pyridine rings is 1. The molecule has 3 aliphatic rings. The molecule has 2 aromatic carbocycles. The number of amides is 2. The first-order chi connectivity index (χ1) is 19.4. The molecule has 1 unspecified atom stereocenters. The largest absolute Gasteiger partial charge is 0.384 e. The Kier molecular flexibility index (Phi) is 6.73. The zero-order valence-electron chi connectivity index (χ0n) is 23.2. The molecular weight excluding hydrogens is 531 g/mol. The molecule has 6 rings (SSSR count). The van der Waals surface area contributed by atoms with Gasteiger partial charge in [0, 0.05) is 48.6 Å². The van der Waals surface area contributed by atoms with E-state index >= 15 is 4.39 Å². The molecule has 3 aromatic rings. The van der Waals surface area contributed by atoms with E-state index in [1.807, 2.05) is 38.1 Å². The number of carbonyl (C=O) groups is 2. The van der Waals surface area contributed by atoms with Gasteiger partial charge in [0.15, 0.2) is 0 Å². The number of benzene rings is 2. The minimum Gasteiger partial charge on any atom is -0.384 e. The van der Waals surface area contributed by atoms with Gasteiger partial charge in [-0.15, -0.1) is 0 Å². The Morgan fingerprint density at radius 1 is 1.10 bits per heavy atom. The van der Waals surface area contributed by atoms with Crippen molar-refractivity contribution in [3.63, 3.8) is 0 Å². The second-order valence-corrected chi connectivity index (χ2v) is 12.6. The molecule has 0 radical (unpaired) electrons. The number of fused-ring (bicyclic) bond motifs is 1. The fourth-order valence-corrected chi connectivity index (χ4v) is 6.73. The lowest BCUT2D eigenvalue weighted by Gasteiger charge is -2.50. The third-order valence-electron chi connectivity index (χ3n) is 9.58. The standard InChI is InChI=1S/C32H34F3N3O3/c1-30(2)18-38(17-19-3-5-21(6-4-19)31(11-12-31)29(34)35)14-13-32(30,41)24-8-9-25-23(27(24)33)15-20(16-36-25)22-7-10-26(39)37-28(22)40/h3-6,8-9,15-16,22,29,41H,7,10-14,17-18H2,1-2H3,(H,37,39,40)/t22?,32-/m0/s1. The van der Waals surface area contributed by atoms with Gasteiger partial charge in [0.2, 0.25) is 18.2 Å². The van der Waals surface area contributed by atoms with Gasteiger partial charge in [-0.25, -0.2) is 13.2 Å². The molecule has 9 heteroatoms. The third-order valence-corrected chi connectivity index (χ3v) is 9.58. The smallest absolute Gasteiger partial charge is 0.248 e. The summed E-state index contributed by atoms with van der Waals surface area (Å²) in [6.07, 6.45) is 1.07. The van der Waals surface area contributed by atoms with Crippen molar-refractivity contribution in [3.8, 4) is 0 Å². The van der Waals surface area contributed by atoms with Gasteiger partial charge < -0.3 is 5.11 Å². The van der Waals surface area contributed by atoms with Crippen molar-refractivity contribution in [2.45, 2.75) is 75.9 Å². The highest BCUT2D eigenvalue weighted by Gasteiger charge is 2.52. The van der Waals surface area contributed by atoms with Crippen LogP contribution in [0.25, 0.3) is 10.9 Å². The summed E-state index contributed by atoms with van der Waals surface area (Å²) >= 11 is 0. The Morgan fingerprint density at radius 3 is 2.46 bits per heavy atom. The lowest BCUT2D eigenvalue weighted by molar-refractivity contribution is -0.134. The maximum Gasteiger partial charge on any atom is 0.248 e. The monoisotopic (exact) mass is 565 g/mol. The number of alkyl halides is 2. The highest BCUT2D eigenvalue weighted by Crippen LogP contribution is 2.53. The fourth-order valence-electron chi connectivity index (χ4n) is 6.73. The number of hydrogen-bond donors (Lipinski definition) is 2. The third kappa shape index (κ3) is 4.73. The number of imide groups is 1. The van der Waals surface area contributed by atoms with E-state index in [0.29, 0.717) is 62.0 Å². The van der Waals surface area contributed by atoms with Gasteiger partial charge in [0.05, 0.1) is 22.5 Å². The number of aromatic nitrogens is 1. The van der Waals surface area contributed by atoms with E-state index in [2.05, 4.69) is 15.2 Å². The van der Waals surface area contributed by atoms with Gasteiger partial charge in [-0.3, -0.25) is 24.8 Å². The van der Waals surface area contributed by atoms with Crippen molar-refractivity contribution in [2.75, 3.05) is 13.1 Å². The highest BCUT2D eigenvalue weighted by molar-refractivity contribution is 6.01. The van der Waals surface area contributed by atoms with Crippen molar-refractivity contribution in [3.05, 3.63) is 76.7 Å². The van der Waals surface area contributed by atoms with E-state index in [1.54, 1.807) is 24.4 Å². The average Bonchev–Trinajstić information content (AvgIpc) is 3.74. The second-order valence-electron chi connectivity index (χ2n) is 12.6. The predicted molar refractivity (Wildman–Crippen MR) is 148 cm³/mol. The minimum absolute atomic E-state index is 0.197. The summed E-state index contributed by atoms with van der Waals surface area (Å²) in [5.41, 5.74) is -0.312. The van der Waals surface area contributed by atoms with Crippen LogP contribution in [0.15, 0.2) is 48.7 Å². The summed E-state index contributed by atoms with van der Waals surface area (Å²) in [7, 11) is 0. The molecule has 216 valence electrons. The van der Waals surface area contributed by atoms with Crippen LogP contribution < -0.4 is 5.32 Å². The molecular formula is C32H34F3N3O3. The van der Waals surface area contributed by atoms with E-state index in [4.69, 9.17) is 0 Å². The van der Waals surface area contributed by atoms with Crippen molar-refractivity contribution in [1.82, 2.24) is 15.2 Å². The van der Waals surface area contributed by atoms with Crippen LogP contribution in [-0.4, -0.2) is 46.3 Å². The van der Waals surface area contributed by atoms with E-state index in [0.717, 1.165) is 5.56 Å². The number of nitrogens with zero attached hydrogens (tertiary/aromatic N) is 2. The Balaban J connectivity index is 1.22. The van der Waals surface area contributed by atoms with Gasteiger partial charge >= 0.3 is 0 Å². The van der Waals surface area contributed by atoms with Gasteiger partial charge in [-0.2, -0.15) is 0 Å². The normalized spacial score (nSPS) is 25.9. The summed E-state index contributed by atoms with van der Waals surface area (Å²) < 4.78 is 43.1. The molecule has 2 atom stereocenters. The first-order valence-electron chi connectivity index (χ1n) is 14.2. The van der Waals surface area contributed by atoms with Crippen LogP contribution >= 0.6 is 0 Å². The van der Waals surface area contributed by atoms with Crippen molar-refractivity contribution < 1.29 is 27.9 Å². The molecule has 2 saturated heterocycles. The van der Waals surface area contributed by atoms with Gasteiger partial charge in [-0.05, 0) is 54.5 Å². The molecule has 3 fully saturated rings. The molecule has 1 aliphatic carbocycles. The number of halogens is 3. The Bertz CT molecular complexity index is 1520. The van der Waals surface area contributed by atoms with Gasteiger partial charge in [0.25, 0.3) is 0 Å².